The number of benzene rings is 1. The third kappa shape index (κ3) is 3.90. The topological polar surface area (TPSA) is 29.5 Å². The summed E-state index contributed by atoms with van der Waals surface area (Å²) in [5, 5.41) is 0. The van der Waals surface area contributed by atoms with Crippen molar-refractivity contribution in [2.45, 2.75) is 12.8 Å². The molecule has 0 saturated carbocycles. The molecule has 0 bridgehead atoms. The second kappa shape index (κ2) is 7.67. The number of hydrogen-bond acceptors (Lipinski definition) is 2. The van der Waals surface area contributed by atoms with Gasteiger partial charge in [0.2, 0.25) is 5.91 Å². The minimum atomic E-state index is -0.818. The summed E-state index contributed by atoms with van der Waals surface area (Å²) in [6.45, 7) is -0.0779. The summed E-state index contributed by atoms with van der Waals surface area (Å²) in [7, 11) is 1.46. The number of carbonyl (C=O) groups is 1. The first kappa shape index (κ1) is 17.8. The van der Waals surface area contributed by atoms with Gasteiger partial charge in [-0.2, -0.15) is 0 Å². The molecule has 1 radical (unpaired) electrons. The third-order valence-electron chi connectivity index (χ3n) is 2.92. The summed E-state index contributed by atoms with van der Waals surface area (Å²) in [5.74, 6) is 0.375. The Morgan fingerprint density at radius 1 is 1.43 bits per heavy atom. The largest absolute Gasteiger partial charge is 0.481 e. The molecule has 0 N–H and O–H groups in total. The molecule has 0 saturated heterocycles. The van der Waals surface area contributed by atoms with Crippen molar-refractivity contribution in [2.24, 2.45) is 0 Å². The smallest absolute Gasteiger partial charge is 0.222 e. The maximum atomic E-state index is 14.1. The molecule has 3 nitrogen and oxygen atoms in total. The Bertz CT molecular complexity index is 600. The third-order valence-corrected chi connectivity index (χ3v) is 2.92. The molecule has 0 fully saturated rings. The zero-order valence-electron chi connectivity index (χ0n) is 11.5. The van der Waals surface area contributed by atoms with Crippen LogP contribution in [0.25, 0.3) is 5.70 Å². The van der Waals surface area contributed by atoms with Gasteiger partial charge in [0.05, 0.1) is 11.6 Å². The normalized spacial score (nSPS) is 14.1. The second-order valence-corrected chi connectivity index (χ2v) is 4.23. The number of carbonyl (C=O) groups excluding carboxylic acids is 1. The maximum Gasteiger partial charge on any atom is 0.222 e. The van der Waals surface area contributed by atoms with Crippen LogP contribution in [0.15, 0.2) is 12.1 Å². The first-order chi connectivity index (χ1) is 9.54. The van der Waals surface area contributed by atoms with E-state index in [1.807, 2.05) is 0 Å². The first-order valence-electron chi connectivity index (χ1n) is 5.97. The van der Waals surface area contributed by atoms with E-state index in [0.29, 0.717) is 6.42 Å². The fraction of sp³-hybridized carbons (Fsp3) is 0.267. The molecule has 1 amide bonds. The van der Waals surface area contributed by atoms with Crippen molar-refractivity contribution in [1.82, 2.24) is 4.90 Å². The molecule has 1 aromatic carbocycles. The Hall–Kier alpha value is -1.25. The van der Waals surface area contributed by atoms with Crippen molar-refractivity contribution >= 4 is 11.6 Å². The fourth-order valence-corrected chi connectivity index (χ4v) is 1.94. The number of hydrogen-bond donors (Lipinski definition) is 0. The van der Waals surface area contributed by atoms with Crippen LogP contribution in [0, 0.1) is 30.1 Å². The molecular weight excluding hydrogens is 353 g/mol. The maximum absolute atomic E-state index is 14.1. The van der Waals surface area contributed by atoms with Crippen LogP contribution < -0.4 is 4.74 Å². The van der Waals surface area contributed by atoms with Crippen LogP contribution in [0.4, 0.5) is 8.78 Å². The van der Waals surface area contributed by atoms with E-state index in [4.69, 9.17) is 11.2 Å². The average Bonchev–Trinajstić information content (AvgIpc) is 2.40. The molecule has 1 aliphatic heterocycles. The van der Waals surface area contributed by atoms with Crippen LogP contribution >= 0.6 is 0 Å². The van der Waals surface area contributed by atoms with Gasteiger partial charge in [-0.25, -0.2) is 14.9 Å². The van der Waals surface area contributed by atoms with E-state index in [9.17, 15) is 13.6 Å². The summed E-state index contributed by atoms with van der Waals surface area (Å²) < 4.78 is 33.1. The van der Waals surface area contributed by atoms with Crippen molar-refractivity contribution in [3.8, 4) is 18.1 Å². The van der Waals surface area contributed by atoms with E-state index >= 15 is 0 Å². The van der Waals surface area contributed by atoms with Gasteiger partial charge in [-0.1, -0.05) is 11.5 Å². The van der Waals surface area contributed by atoms with Gasteiger partial charge < -0.3 is 9.64 Å². The predicted octanol–water partition coefficient (Wildman–Crippen LogP) is 2.37. The van der Waals surface area contributed by atoms with Crippen molar-refractivity contribution in [1.29, 1.82) is 0 Å². The molecular formula is C15H12F2NO2Y-. The molecule has 1 aromatic rings. The van der Waals surface area contributed by atoms with Crippen LogP contribution in [0.5, 0.6) is 5.75 Å². The van der Waals surface area contributed by atoms with E-state index in [2.05, 4.69) is 12.0 Å². The molecule has 1 aliphatic rings. The van der Waals surface area contributed by atoms with Gasteiger partial charge in [0.25, 0.3) is 0 Å². The molecule has 1 heterocycles. The number of terminal acetylenes is 1. The molecule has 0 aliphatic carbocycles. The quantitative estimate of drug-likeness (QED) is 0.608. The van der Waals surface area contributed by atoms with Crippen molar-refractivity contribution in [3.05, 3.63) is 35.4 Å². The van der Waals surface area contributed by atoms with Gasteiger partial charge in [-0.15, -0.1) is 18.5 Å². The SMILES string of the molecule is C#CCOc1cc(F)c(C2=[C-]CCC(=O)N2C)c(F)c1.[Y]. The number of ether oxygens (including phenoxy) is 1. The van der Waals surface area contributed by atoms with E-state index in [1.54, 1.807) is 0 Å². The Kier molecular flexibility index (Phi) is 6.51. The summed E-state index contributed by atoms with van der Waals surface area (Å²) in [5.41, 5.74) is -0.173. The van der Waals surface area contributed by atoms with Gasteiger partial charge in [0.1, 0.15) is 12.4 Å². The number of nitrogens with zero attached hydrogens (tertiary/aromatic N) is 1. The Balaban J connectivity index is 0.00000220. The van der Waals surface area contributed by atoms with Crippen LogP contribution in [0.1, 0.15) is 18.4 Å². The Labute approximate surface area is 147 Å². The zero-order chi connectivity index (χ0) is 14.7. The molecule has 2 rings (SSSR count). The van der Waals surface area contributed by atoms with E-state index in [-0.39, 0.29) is 68.7 Å². The van der Waals surface area contributed by atoms with Gasteiger partial charge in [0.15, 0.2) is 0 Å². The predicted molar refractivity (Wildman–Crippen MR) is 69.3 cm³/mol. The molecule has 0 spiro atoms. The van der Waals surface area contributed by atoms with Gasteiger partial charge in [-0.3, -0.25) is 4.79 Å². The van der Waals surface area contributed by atoms with Crippen molar-refractivity contribution in [3.63, 3.8) is 0 Å². The number of amides is 1. The van der Waals surface area contributed by atoms with E-state index in [0.717, 1.165) is 12.1 Å². The summed E-state index contributed by atoms with van der Waals surface area (Å²) in [6.07, 6.45) is 8.46. The van der Waals surface area contributed by atoms with E-state index < -0.39 is 11.6 Å². The van der Waals surface area contributed by atoms with Crippen LogP contribution in [-0.2, 0) is 37.5 Å². The van der Waals surface area contributed by atoms with Gasteiger partial charge in [0, 0.05) is 46.2 Å². The molecule has 107 valence electrons. The standard InChI is InChI=1S/C15H12F2NO2.Y/c1-3-7-20-10-8-11(16)15(12(17)9-10)13-5-4-6-14(19)18(13)2;/h1,8-9H,4,6-7H2,2H3;/q-1;. The van der Waals surface area contributed by atoms with Crippen LogP contribution in [0.2, 0.25) is 0 Å². The fourth-order valence-electron chi connectivity index (χ4n) is 1.94. The average molecular weight is 365 g/mol. The molecule has 0 unspecified atom stereocenters. The summed E-state index contributed by atoms with van der Waals surface area (Å²) >= 11 is 0. The van der Waals surface area contributed by atoms with Gasteiger partial charge in [-0.05, 0) is 12.1 Å². The Morgan fingerprint density at radius 2 is 2.05 bits per heavy atom. The number of rotatable bonds is 3. The Morgan fingerprint density at radius 3 is 2.62 bits per heavy atom. The van der Waals surface area contributed by atoms with Crippen LogP contribution in [0.3, 0.4) is 0 Å². The molecule has 0 aromatic heterocycles. The molecule has 21 heavy (non-hydrogen) atoms. The summed E-state index contributed by atoms with van der Waals surface area (Å²) in [4.78, 5) is 12.8. The second-order valence-electron chi connectivity index (χ2n) is 4.23. The summed E-state index contributed by atoms with van der Waals surface area (Å²) in [6, 6.07) is 2.08. The zero-order valence-corrected chi connectivity index (χ0v) is 14.3. The molecule has 0 atom stereocenters. The minimum Gasteiger partial charge on any atom is -0.481 e. The van der Waals surface area contributed by atoms with Gasteiger partial charge >= 0.3 is 0 Å². The first-order valence-corrected chi connectivity index (χ1v) is 5.97. The van der Waals surface area contributed by atoms with Crippen molar-refractivity contribution in [2.75, 3.05) is 13.7 Å². The van der Waals surface area contributed by atoms with Crippen LogP contribution in [-0.4, -0.2) is 24.5 Å². The number of allylic oxidation sites excluding steroid dienone is 1. The molecule has 6 heteroatoms. The minimum absolute atomic E-state index is 0. The number of halogens is 2. The van der Waals surface area contributed by atoms with Crippen molar-refractivity contribution < 1.29 is 51.0 Å². The van der Waals surface area contributed by atoms with E-state index in [1.165, 1.54) is 11.9 Å². The monoisotopic (exact) mass is 365 g/mol.